The zero-order valence-corrected chi connectivity index (χ0v) is 22.2. The number of hydrogen-bond acceptors (Lipinski definition) is 3. The summed E-state index contributed by atoms with van der Waals surface area (Å²) in [5.41, 5.74) is 6.93. The molecular weight excluding hydrogens is 513 g/mol. The second kappa shape index (κ2) is 9.08. The summed E-state index contributed by atoms with van der Waals surface area (Å²) >= 11 is 1.81. The number of anilines is 3. The zero-order valence-electron chi connectivity index (χ0n) is 21.3. The van der Waals surface area contributed by atoms with Crippen LogP contribution in [0.2, 0.25) is 0 Å². The molecule has 6 aromatic carbocycles. The first-order chi connectivity index (χ1) is 19.7. The Morgan fingerprint density at radius 2 is 1.18 bits per heavy atom. The maximum atomic E-state index is 13.5. The average molecular weight is 536 g/mol. The van der Waals surface area contributed by atoms with Gasteiger partial charge in [-0.2, -0.15) is 0 Å². The highest BCUT2D eigenvalue weighted by Crippen LogP contribution is 2.45. The van der Waals surface area contributed by atoms with Crippen molar-refractivity contribution >= 4 is 70.5 Å². The molecule has 0 radical (unpaired) electrons. The third-order valence-electron chi connectivity index (χ3n) is 7.55. The Kier molecular flexibility index (Phi) is 5.22. The predicted octanol–water partition coefficient (Wildman–Crippen LogP) is 11.2. The van der Waals surface area contributed by atoms with Crippen LogP contribution in [-0.4, -0.2) is 0 Å². The molecule has 0 bridgehead atoms. The number of rotatable bonds is 4. The lowest BCUT2D eigenvalue weighted by Gasteiger charge is -2.26. The molecule has 2 heterocycles. The molecule has 0 spiro atoms. The summed E-state index contributed by atoms with van der Waals surface area (Å²) in [6, 6.07) is 44.8. The second-order valence-corrected chi connectivity index (χ2v) is 11.0. The number of benzene rings is 6. The highest BCUT2D eigenvalue weighted by molar-refractivity contribution is 7.26. The number of nitrogens with zero attached hydrogens (tertiary/aromatic N) is 1. The zero-order chi connectivity index (χ0) is 26.6. The Balaban J connectivity index is 1.34. The second-order valence-electron chi connectivity index (χ2n) is 9.92. The highest BCUT2D eigenvalue weighted by Gasteiger charge is 2.19. The SMILES string of the molecule is Fc1ccc(-c2ccc(N(c3ccc4c(c3)oc3ccccc34)c3cccc4c3sc3ccccc34)cc2)cc1. The molecule has 0 saturated carbocycles. The van der Waals surface area contributed by atoms with Crippen molar-refractivity contribution in [3.8, 4) is 11.1 Å². The van der Waals surface area contributed by atoms with Gasteiger partial charge in [-0.3, -0.25) is 0 Å². The van der Waals surface area contributed by atoms with Crippen molar-refractivity contribution in [2.45, 2.75) is 0 Å². The molecule has 0 fully saturated rings. The molecule has 190 valence electrons. The summed E-state index contributed by atoms with van der Waals surface area (Å²) in [5.74, 6) is -0.232. The Hall–Kier alpha value is -4.93. The molecule has 0 aliphatic heterocycles. The van der Waals surface area contributed by atoms with E-state index in [0.29, 0.717) is 0 Å². The van der Waals surface area contributed by atoms with Crippen molar-refractivity contribution in [3.63, 3.8) is 0 Å². The molecule has 0 atom stereocenters. The van der Waals surface area contributed by atoms with Crippen LogP contribution in [0.1, 0.15) is 0 Å². The minimum absolute atomic E-state index is 0.232. The summed E-state index contributed by atoms with van der Waals surface area (Å²) in [4.78, 5) is 2.30. The standard InChI is InChI=1S/C36H22FNOS/c37-25-16-12-23(13-17-25)24-14-18-26(19-15-24)38(27-20-21-29-28-6-1-3-10-33(28)39-34(29)22-27)32-9-5-8-31-30-7-2-4-11-35(30)40-36(31)32/h1-22H. The Morgan fingerprint density at radius 3 is 2.00 bits per heavy atom. The van der Waals surface area contributed by atoms with E-state index in [2.05, 4.69) is 95.9 Å². The van der Waals surface area contributed by atoms with Gasteiger partial charge in [0.1, 0.15) is 17.0 Å². The number of fused-ring (bicyclic) bond motifs is 6. The molecule has 0 amide bonds. The maximum Gasteiger partial charge on any atom is 0.137 e. The van der Waals surface area contributed by atoms with Gasteiger partial charge in [0.15, 0.2) is 0 Å². The van der Waals surface area contributed by atoms with Gasteiger partial charge in [0.05, 0.1) is 10.4 Å². The van der Waals surface area contributed by atoms with E-state index in [9.17, 15) is 4.39 Å². The minimum Gasteiger partial charge on any atom is -0.456 e. The molecule has 8 rings (SSSR count). The lowest BCUT2D eigenvalue weighted by Crippen LogP contribution is -2.10. The topological polar surface area (TPSA) is 16.4 Å². The van der Waals surface area contributed by atoms with Crippen LogP contribution in [0.5, 0.6) is 0 Å². The number of furan rings is 1. The molecular formula is C36H22FNOS. The van der Waals surface area contributed by atoms with Gasteiger partial charge < -0.3 is 9.32 Å². The molecule has 0 unspecified atom stereocenters. The van der Waals surface area contributed by atoms with Crippen LogP contribution >= 0.6 is 11.3 Å². The summed E-state index contributed by atoms with van der Waals surface area (Å²) in [6.07, 6.45) is 0. The van der Waals surface area contributed by atoms with Crippen LogP contribution in [0.3, 0.4) is 0 Å². The maximum absolute atomic E-state index is 13.5. The smallest absolute Gasteiger partial charge is 0.137 e. The number of para-hydroxylation sites is 1. The van der Waals surface area contributed by atoms with Gasteiger partial charge in [-0.15, -0.1) is 11.3 Å². The van der Waals surface area contributed by atoms with Crippen molar-refractivity contribution in [1.29, 1.82) is 0 Å². The first-order valence-corrected chi connectivity index (χ1v) is 14.0. The van der Waals surface area contributed by atoms with Crippen LogP contribution in [0.4, 0.5) is 21.5 Å². The lowest BCUT2D eigenvalue weighted by atomic mass is 10.0. The molecule has 40 heavy (non-hydrogen) atoms. The number of hydrogen-bond donors (Lipinski definition) is 0. The molecule has 0 aliphatic rings. The van der Waals surface area contributed by atoms with Crippen LogP contribution < -0.4 is 4.90 Å². The van der Waals surface area contributed by atoms with Crippen molar-refractivity contribution in [2.75, 3.05) is 4.90 Å². The monoisotopic (exact) mass is 535 g/mol. The van der Waals surface area contributed by atoms with E-state index < -0.39 is 0 Å². The van der Waals surface area contributed by atoms with Crippen LogP contribution in [0.15, 0.2) is 138 Å². The van der Waals surface area contributed by atoms with E-state index in [1.54, 1.807) is 0 Å². The normalized spacial score (nSPS) is 11.6. The summed E-state index contributed by atoms with van der Waals surface area (Å²) < 4.78 is 22.3. The van der Waals surface area contributed by atoms with E-state index in [0.717, 1.165) is 50.1 Å². The van der Waals surface area contributed by atoms with Crippen LogP contribution in [0.25, 0.3) is 53.2 Å². The lowest BCUT2D eigenvalue weighted by molar-refractivity contribution is 0.628. The Labute approximate surface area is 234 Å². The van der Waals surface area contributed by atoms with Crippen LogP contribution in [0, 0.1) is 5.82 Å². The molecule has 4 heteroatoms. The quantitative estimate of drug-likeness (QED) is 0.223. The van der Waals surface area contributed by atoms with Gasteiger partial charge in [-0.05, 0) is 65.7 Å². The van der Waals surface area contributed by atoms with Gasteiger partial charge in [0.2, 0.25) is 0 Å². The molecule has 2 nitrogen and oxygen atoms in total. The number of halogens is 1. The molecule has 0 N–H and O–H groups in total. The number of thiophene rings is 1. The predicted molar refractivity (Wildman–Crippen MR) is 167 cm³/mol. The summed E-state index contributed by atoms with van der Waals surface area (Å²) in [5, 5.41) is 4.73. The third-order valence-corrected chi connectivity index (χ3v) is 8.76. The largest absolute Gasteiger partial charge is 0.456 e. The van der Waals surface area contributed by atoms with E-state index in [4.69, 9.17) is 4.42 Å². The van der Waals surface area contributed by atoms with Crippen molar-refractivity contribution in [1.82, 2.24) is 0 Å². The van der Waals surface area contributed by atoms with Crippen molar-refractivity contribution < 1.29 is 8.81 Å². The van der Waals surface area contributed by atoms with Crippen molar-refractivity contribution in [2.24, 2.45) is 0 Å². The van der Waals surface area contributed by atoms with Crippen molar-refractivity contribution in [3.05, 3.63) is 139 Å². The molecule has 8 aromatic rings. The highest BCUT2D eigenvalue weighted by atomic mass is 32.1. The Morgan fingerprint density at radius 1 is 0.525 bits per heavy atom. The first-order valence-electron chi connectivity index (χ1n) is 13.2. The van der Waals surface area contributed by atoms with Gasteiger partial charge in [0.25, 0.3) is 0 Å². The molecule has 0 saturated heterocycles. The van der Waals surface area contributed by atoms with Gasteiger partial charge in [-0.1, -0.05) is 72.8 Å². The fraction of sp³-hybridized carbons (Fsp3) is 0. The third kappa shape index (κ3) is 3.69. The van der Waals surface area contributed by atoms with Gasteiger partial charge >= 0.3 is 0 Å². The van der Waals surface area contributed by atoms with E-state index in [1.165, 1.54) is 32.3 Å². The average Bonchev–Trinajstić information content (AvgIpc) is 3.57. The minimum atomic E-state index is -0.232. The van der Waals surface area contributed by atoms with E-state index >= 15 is 0 Å². The fourth-order valence-corrected chi connectivity index (χ4v) is 6.84. The van der Waals surface area contributed by atoms with E-state index in [-0.39, 0.29) is 5.82 Å². The van der Waals surface area contributed by atoms with E-state index in [1.807, 2.05) is 41.7 Å². The fourth-order valence-electron chi connectivity index (χ4n) is 5.63. The molecule has 2 aromatic heterocycles. The summed E-state index contributed by atoms with van der Waals surface area (Å²) in [6.45, 7) is 0. The van der Waals surface area contributed by atoms with Crippen LogP contribution in [-0.2, 0) is 0 Å². The molecule has 0 aliphatic carbocycles. The Bertz CT molecular complexity index is 2170. The first kappa shape index (κ1) is 23.0. The van der Waals surface area contributed by atoms with Gasteiger partial charge in [0, 0.05) is 43.7 Å². The van der Waals surface area contributed by atoms with Gasteiger partial charge in [-0.25, -0.2) is 4.39 Å². The summed E-state index contributed by atoms with van der Waals surface area (Å²) in [7, 11) is 0.